The Morgan fingerprint density at radius 1 is 1.25 bits per heavy atom. The van der Waals surface area contributed by atoms with Gasteiger partial charge < -0.3 is 10.6 Å². The van der Waals surface area contributed by atoms with Gasteiger partial charge in [0.15, 0.2) is 0 Å². The van der Waals surface area contributed by atoms with Crippen molar-refractivity contribution in [2.75, 3.05) is 11.9 Å². The summed E-state index contributed by atoms with van der Waals surface area (Å²) >= 11 is 1.28. The number of hydrogen-bond acceptors (Lipinski definition) is 5. The molecule has 1 aromatic carbocycles. The van der Waals surface area contributed by atoms with E-state index in [1.165, 1.54) is 11.3 Å². The van der Waals surface area contributed by atoms with E-state index in [9.17, 15) is 18.4 Å². The molecule has 0 saturated heterocycles. The van der Waals surface area contributed by atoms with Crippen molar-refractivity contribution in [1.29, 1.82) is 0 Å². The topological polar surface area (TPSA) is 84.0 Å². The summed E-state index contributed by atoms with van der Waals surface area (Å²) in [6, 6.07) is 2.67. The first-order valence-electron chi connectivity index (χ1n) is 7.23. The smallest absolute Gasteiger partial charge is 0.254 e. The molecule has 0 unspecified atom stereocenters. The maximum Gasteiger partial charge on any atom is 0.254 e. The monoisotopic (exact) mass is 354 g/mol. The average Bonchev–Trinajstić information content (AvgIpc) is 2.95. The first-order valence-corrected chi connectivity index (χ1v) is 8.05. The predicted octanol–water partition coefficient (Wildman–Crippen LogP) is 2.70. The predicted molar refractivity (Wildman–Crippen MR) is 85.9 cm³/mol. The molecule has 2 amide bonds. The van der Waals surface area contributed by atoms with Gasteiger partial charge in [0.2, 0.25) is 11.0 Å². The zero-order valence-electron chi connectivity index (χ0n) is 13.1. The molecule has 0 bridgehead atoms. The van der Waals surface area contributed by atoms with Crippen molar-refractivity contribution in [3.63, 3.8) is 0 Å². The van der Waals surface area contributed by atoms with Crippen LogP contribution in [0.4, 0.5) is 13.9 Å². The van der Waals surface area contributed by atoms with Crippen molar-refractivity contribution in [3.05, 3.63) is 40.4 Å². The fourth-order valence-electron chi connectivity index (χ4n) is 1.76. The lowest BCUT2D eigenvalue weighted by Gasteiger charge is -2.06. The van der Waals surface area contributed by atoms with Crippen LogP contribution in [0.1, 0.15) is 41.6 Å². The lowest BCUT2D eigenvalue weighted by molar-refractivity contribution is -0.116. The summed E-state index contributed by atoms with van der Waals surface area (Å²) in [6.07, 6.45) is -0.00878. The maximum atomic E-state index is 13.4. The number of halogens is 2. The molecule has 2 aromatic rings. The van der Waals surface area contributed by atoms with Gasteiger partial charge in [0.1, 0.15) is 16.6 Å². The molecule has 0 saturated carbocycles. The highest BCUT2D eigenvalue weighted by Gasteiger charge is 2.13. The van der Waals surface area contributed by atoms with Crippen molar-refractivity contribution >= 4 is 28.3 Å². The quantitative estimate of drug-likeness (QED) is 0.835. The highest BCUT2D eigenvalue weighted by atomic mass is 32.1. The van der Waals surface area contributed by atoms with Gasteiger partial charge in [-0.15, -0.1) is 10.2 Å². The molecule has 1 aromatic heterocycles. The highest BCUT2D eigenvalue weighted by molar-refractivity contribution is 7.15. The summed E-state index contributed by atoms with van der Waals surface area (Å²) in [5.41, 5.74) is -0.275. The van der Waals surface area contributed by atoms with E-state index >= 15 is 0 Å². The number of anilines is 1. The van der Waals surface area contributed by atoms with Crippen LogP contribution in [0.2, 0.25) is 0 Å². The molecular formula is C15H16F2N4O2S. The third-order valence-corrected chi connectivity index (χ3v) is 4.13. The van der Waals surface area contributed by atoms with Crippen LogP contribution in [0.5, 0.6) is 0 Å². The van der Waals surface area contributed by atoms with E-state index in [1.54, 1.807) is 0 Å². The molecule has 0 aliphatic carbocycles. The molecule has 0 atom stereocenters. The van der Waals surface area contributed by atoms with Gasteiger partial charge in [-0.25, -0.2) is 8.78 Å². The summed E-state index contributed by atoms with van der Waals surface area (Å²) in [6.45, 7) is 3.95. The Hall–Kier alpha value is -2.42. The minimum Gasteiger partial charge on any atom is -0.351 e. The Bertz CT molecular complexity index is 749. The second-order valence-electron chi connectivity index (χ2n) is 5.28. The summed E-state index contributed by atoms with van der Waals surface area (Å²) in [5, 5.41) is 14.0. The van der Waals surface area contributed by atoms with Crippen LogP contribution in [0.15, 0.2) is 18.2 Å². The Morgan fingerprint density at radius 2 is 2.00 bits per heavy atom. The van der Waals surface area contributed by atoms with Gasteiger partial charge in [-0.1, -0.05) is 25.2 Å². The fourth-order valence-corrected chi connectivity index (χ4v) is 2.52. The lowest BCUT2D eigenvalue weighted by Crippen LogP contribution is -2.28. The molecule has 0 aliphatic rings. The van der Waals surface area contributed by atoms with Gasteiger partial charge in [-0.3, -0.25) is 9.59 Å². The molecule has 2 rings (SSSR count). The molecule has 1 heterocycles. The highest BCUT2D eigenvalue weighted by Crippen LogP contribution is 2.22. The largest absolute Gasteiger partial charge is 0.351 e. The van der Waals surface area contributed by atoms with Gasteiger partial charge in [-0.05, 0) is 12.1 Å². The van der Waals surface area contributed by atoms with Crippen molar-refractivity contribution in [2.45, 2.75) is 26.2 Å². The van der Waals surface area contributed by atoms with Crippen LogP contribution in [0.3, 0.4) is 0 Å². The van der Waals surface area contributed by atoms with E-state index in [0.29, 0.717) is 11.2 Å². The van der Waals surface area contributed by atoms with Crippen molar-refractivity contribution < 1.29 is 18.4 Å². The lowest BCUT2D eigenvalue weighted by atomic mass is 10.2. The van der Waals surface area contributed by atoms with E-state index < -0.39 is 17.5 Å². The summed E-state index contributed by atoms with van der Waals surface area (Å²) in [5.74, 6) is -2.55. The Kier molecular flexibility index (Phi) is 5.91. The van der Waals surface area contributed by atoms with Crippen LogP contribution >= 0.6 is 11.3 Å². The van der Waals surface area contributed by atoms with Crippen LogP contribution < -0.4 is 10.6 Å². The normalized spacial score (nSPS) is 10.7. The number of hydrogen-bond donors (Lipinski definition) is 2. The SMILES string of the molecule is CC(C)c1nnc(NC(=O)CCNC(=O)c2ccc(F)cc2F)s1. The number of rotatable bonds is 6. The fraction of sp³-hybridized carbons (Fsp3) is 0.333. The molecule has 128 valence electrons. The molecule has 0 fully saturated rings. The number of amides is 2. The Balaban J connectivity index is 1.80. The van der Waals surface area contributed by atoms with E-state index in [1.807, 2.05) is 13.8 Å². The number of carbonyl (C=O) groups is 2. The number of benzene rings is 1. The molecule has 24 heavy (non-hydrogen) atoms. The van der Waals surface area contributed by atoms with Gasteiger partial charge in [0, 0.05) is 24.9 Å². The van der Waals surface area contributed by atoms with Gasteiger partial charge in [0.25, 0.3) is 5.91 Å². The van der Waals surface area contributed by atoms with Gasteiger partial charge in [0.05, 0.1) is 5.56 Å². The second-order valence-corrected chi connectivity index (χ2v) is 6.29. The number of nitrogens with zero attached hydrogens (tertiary/aromatic N) is 2. The maximum absolute atomic E-state index is 13.4. The van der Waals surface area contributed by atoms with Crippen LogP contribution in [-0.2, 0) is 4.79 Å². The zero-order chi connectivity index (χ0) is 17.7. The third-order valence-electron chi connectivity index (χ3n) is 2.99. The molecule has 0 spiro atoms. The van der Waals surface area contributed by atoms with Gasteiger partial charge >= 0.3 is 0 Å². The number of aromatic nitrogens is 2. The number of carbonyl (C=O) groups excluding carboxylic acids is 2. The standard InChI is InChI=1S/C15H16F2N4O2S/c1-8(2)14-20-21-15(24-14)19-12(22)5-6-18-13(23)10-4-3-9(16)7-11(10)17/h3-4,7-8H,5-6H2,1-2H3,(H,18,23)(H,19,21,22). The Labute approximate surface area is 141 Å². The average molecular weight is 354 g/mol. The van der Waals surface area contributed by atoms with E-state index in [0.717, 1.165) is 17.1 Å². The molecule has 6 nitrogen and oxygen atoms in total. The van der Waals surface area contributed by atoms with Crippen molar-refractivity contribution in [2.24, 2.45) is 0 Å². The molecule has 2 N–H and O–H groups in total. The van der Waals surface area contributed by atoms with E-state index in [4.69, 9.17) is 0 Å². The van der Waals surface area contributed by atoms with Crippen molar-refractivity contribution in [1.82, 2.24) is 15.5 Å². The van der Waals surface area contributed by atoms with E-state index in [-0.39, 0.29) is 30.4 Å². The molecule has 9 heteroatoms. The van der Waals surface area contributed by atoms with Crippen molar-refractivity contribution in [3.8, 4) is 0 Å². The second kappa shape index (κ2) is 7.91. The van der Waals surface area contributed by atoms with E-state index in [2.05, 4.69) is 20.8 Å². The number of nitrogens with one attached hydrogen (secondary N) is 2. The minimum absolute atomic E-state index is 0.00878. The van der Waals surface area contributed by atoms with Gasteiger partial charge in [-0.2, -0.15) is 0 Å². The summed E-state index contributed by atoms with van der Waals surface area (Å²) in [7, 11) is 0. The first kappa shape index (κ1) is 17.9. The first-order chi connectivity index (χ1) is 11.4. The third kappa shape index (κ3) is 4.79. The van der Waals surface area contributed by atoms with Crippen LogP contribution in [0, 0.1) is 11.6 Å². The van der Waals surface area contributed by atoms with Crippen LogP contribution in [0.25, 0.3) is 0 Å². The molecule has 0 aliphatic heterocycles. The molecular weight excluding hydrogens is 338 g/mol. The Morgan fingerprint density at radius 3 is 2.62 bits per heavy atom. The molecule has 0 radical (unpaired) electrons. The van der Waals surface area contributed by atoms with Crippen LogP contribution in [-0.4, -0.2) is 28.6 Å². The summed E-state index contributed by atoms with van der Waals surface area (Å²) in [4.78, 5) is 23.5. The summed E-state index contributed by atoms with van der Waals surface area (Å²) < 4.78 is 26.2. The zero-order valence-corrected chi connectivity index (χ0v) is 13.9. The minimum atomic E-state index is -0.952.